The van der Waals surface area contributed by atoms with Gasteiger partial charge in [0.25, 0.3) is 0 Å². The van der Waals surface area contributed by atoms with Crippen molar-refractivity contribution >= 4 is 17.7 Å². The number of hydrogen-bond acceptors (Lipinski definition) is 3. The summed E-state index contributed by atoms with van der Waals surface area (Å²) < 4.78 is 5.21. The first kappa shape index (κ1) is 18.7. The van der Waals surface area contributed by atoms with E-state index in [0.29, 0.717) is 5.70 Å². The SMILES string of the molecule is C=C(NC(=O)C(NC(=O)OC(C)(C)C)C(C)C)c1ccccc1. The summed E-state index contributed by atoms with van der Waals surface area (Å²) in [5.41, 5.74) is 0.697. The molecule has 5 heteroatoms. The number of alkyl carbamates (subject to hydrolysis) is 1. The minimum absolute atomic E-state index is 0.0916. The largest absolute Gasteiger partial charge is 0.444 e. The maximum atomic E-state index is 12.4. The average Bonchev–Trinajstić information content (AvgIpc) is 2.43. The van der Waals surface area contributed by atoms with Crippen LogP contribution in [0.3, 0.4) is 0 Å². The Balaban J connectivity index is 2.72. The normalized spacial score (nSPS) is 12.4. The van der Waals surface area contributed by atoms with Gasteiger partial charge in [0, 0.05) is 5.70 Å². The number of carbonyl (C=O) groups excluding carboxylic acids is 2. The lowest BCUT2D eigenvalue weighted by Crippen LogP contribution is -2.50. The second kappa shape index (κ2) is 7.81. The van der Waals surface area contributed by atoms with E-state index in [9.17, 15) is 9.59 Å². The molecule has 1 unspecified atom stereocenters. The van der Waals surface area contributed by atoms with Crippen LogP contribution in [0.25, 0.3) is 5.70 Å². The van der Waals surface area contributed by atoms with Gasteiger partial charge in [0.15, 0.2) is 0 Å². The van der Waals surface area contributed by atoms with Crippen LogP contribution < -0.4 is 10.6 Å². The van der Waals surface area contributed by atoms with Gasteiger partial charge < -0.3 is 15.4 Å². The Bertz CT molecular complexity index is 559. The second-order valence-corrected chi connectivity index (χ2v) is 6.70. The van der Waals surface area contributed by atoms with Gasteiger partial charge in [-0.25, -0.2) is 4.79 Å². The smallest absolute Gasteiger partial charge is 0.408 e. The van der Waals surface area contributed by atoms with Crippen molar-refractivity contribution in [2.24, 2.45) is 5.92 Å². The predicted molar refractivity (Wildman–Crippen MR) is 91.6 cm³/mol. The van der Waals surface area contributed by atoms with Crippen molar-refractivity contribution < 1.29 is 14.3 Å². The molecule has 0 aromatic heterocycles. The zero-order chi connectivity index (χ0) is 17.6. The molecule has 1 aromatic rings. The van der Waals surface area contributed by atoms with Crippen LogP contribution in [0.1, 0.15) is 40.2 Å². The molecule has 0 heterocycles. The molecule has 0 saturated carbocycles. The van der Waals surface area contributed by atoms with Gasteiger partial charge in [0.1, 0.15) is 11.6 Å². The van der Waals surface area contributed by atoms with E-state index in [0.717, 1.165) is 5.56 Å². The molecule has 1 rings (SSSR count). The Labute approximate surface area is 138 Å². The number of amides is 2. The fourth-order valence-corrected chi connectivity index (χ4v) is 1.91. The monoisotopic (exact) mass is 318 g/mol. The summed E-state index contributed by atoms with van der Waals surface area (Å²) in [7, 11) is 0. The molecule has 1 aromatic carbocycles. The van der Waals surface area contributed by atoms with Crippen LogP contribution in [0.2, 0.25) is 0 Å². The van der Waals surface area contributed by atoms with Crippen LogP contribution in [0.4, 0.5) is 4.79 Å². The minimum atomic E-state index is -0.703. The van der Waals surface area contributed by atoms with Gasteiger partial charge in [-0.15, -0.1) is 0 Å². The van der Waals surface area contributed by atoms with Crippen molar-refractivity contribution in [3.63, 3.8) is 0 Å². The number of benzene rings is 1. The Morgan fingerprint density at radius 1 is 1.13 bits per heavy atom. The van der Waals surface area contributed by atoms with Crippen LogP contribution in [0, 0.1) is 5.92 Å². The van der Waals surface area contributed by atoms with Crippen molar-refractivity contribution in [3.8, 4) is 0 Å². The van der Waals surface area contributed by atoms with E-state index in [4.69, 9.17) is 4.74 Å². The van der Waals surface area contributed by atoms with Crippen molar-refractivity contribution in [1.29, 1.82) is 0 Å². The maximum absolute atomic E-state index is 12.4. The molecular weight excluding hydrogens is 292 g/mol. The molecule has 0 fully saturated rings. The van der Waals surface area contributed by atoms with E-state index >= 15 is 0 Å². The van der Waals surface area contributed by atoms with Crippen LogP contribution in [-0.2, 0) is 9.53 Å². The number of rotatable bonds is 5. The zero-order valence-electron chi connectivity index (χ0n) is 14.5. The van der Waals surface area contributed by atoms with Crippen LogP contribution >= 0.6 is 0 Å². The quantitative estimate of drug-likeness (QED) is 0.875. The highest BCUT2D eigenvalue weighted by Gasteiger charge is 2.27. The lowest BCUT2D eigenvalue weighted by molar-refractivity contribution is -0.123. The molecule has 0 aliphatic rings. The highest BCUT2D eigenvalue weighted by molar-refractivity contribution is 5.92. The zero-order valence-corrected chi connectivity index (χ0v) is 14.5. The fraction of sp³-hybridized carbons (Fsp3) is 0.444. The Morgan fingerprint density at radius 2 is 1.70 bits per heavy atom. The topological polar surface area (TPSA) is 67.4 Å². The molecule has 2 amide bonds. The molecule has 2 N–H and O–H groups in total. The molecule has 0 spiro atoms. The predicted octanol–water partition coefficient (Wildman–Crippen LogP) is 3.32. The molecule has 23 heavy (non-hydrogen) atoms. The van der Waals surface area contributed by atoms with Gasteiger partial charge in [-0.2, -0.15) is 0 Å². The Morgan fingerprint density at radius 3 is 2.17 bits per heavy atom. The third-order valence-corrected chi connectivity index (χ3v) is 3.02. The molecule has 1 atom stereocenters. The van der Waals surface area contributed by atoms with Crippen molar-refractivity contribution in [3.05, 3.63) is 42.5 Å². The van der Waals surface area contributed by atoms with E-state index in [1.54, 1.807) is 20.8 Å². The molecule has 0 radical (unpaired) electrons. The van der Waals surface area contributed by atoms with Gasteiger partial charge in [-0.1, -0.05) is 50.8 Å². The summed E-state index contributed by atoms with van der Waals surface area (Å²) >= 11 is 0. The molecule has 0 bridgehead atoms. The summed E-state index contributed by atoms with van der Waals surface area (Å²) in [6.45, 7) is 12.9. The van der Waals surface area contributed by atoms with Crippen LogP contribution in [0.15, 0.2) is 36.9 Å². The Hall–Kier alpha value is -2.30. The Kier molecular flexibility index (Phi) is 6.37. The summed E-state index contributed by atoms with van der Waals surface area (Å²) in [5.74, 6) is -0.411. The highest BCUT2D eigenvalue weighted by atomic mass is 16.6. The lowest BCUT2D eigenvalue weighted by Gasteiger charge is -2.25. The number of ether oxygens (including phenoxy) is 1. The van der Waals surface area contributed by atoms with E-state index in [-0.39, 0.29) is 11.8 Å². The van der Waals surface area contributed by atoms with Gasteiger partial charge in [0.2, 0.25) is 5.91 Å². The van der Waals surface area contributed by atoms with Crippen molar-refractivity contribution in [2.45, 2.75) is 46.3 Å². The van der Waals surface area contributed by atoms with E-state index in [1.807, 2.05) is 44.2 Å². The molecule has 0 aliphatic carbocycles. The first-order chi connectivity index (χ1) is 10.6. The van der Waals surface area contributed by atoms with Gasteiger partial charge in [0.05, 0.1) is 0 Å². The second-order valence-electron chi connectivity index (χ2n) is 6.70. The van der Waals surface area contributed by atoms with E-state index in [2.05, 4.69) is 17.2 Å². The van der Waals surface area contributed by atoms with Crippen LogP contribution in [-0.4, -0.2) is 23.6 Å². The van der Waals surface area contributed by atoms with Gasteiger partial charge >= 0.3 is 6.09 Å². The van der Waals surface area contributed by atoms with E-state index < -0.39 is 17.7 Å². The van der Waals surface area contributed by atoms with E-state index in [1.165, 1.54) is 0 Å². The summed E-state index contributed by atoms with van der Waals surface area (Å²) in [4.78, 5) is 24.3. The lowest BCUT2D eigenvalue weighted by atomic mass is 10.0. The summed E-state index contributed by atoms with van der Waals surface area (Å²) in [5, 5.41) is 5.36. The molecule has 0 aliphatic heterocycles. The molecule has 0 saturated heterocycles. The highest BCUT2D eigenvalue weighted by Crippen LogP contribution is 2.12. The standard InChI is InChI=1S/C18H26N2O3/c1-12(2)15(20-17(22)23-18(4,5)6)16(21)19-13(3)14-10-8-7-9-11-14/h7-12,15H,3H2,1-2,4-6H3,(H,19,21)(H,20,22). The maximum Gasteiger partial charge on any atom is 0.408 e. The fourth-order valence-electron chi connectivity index (χ4n) is 1.91. The average molecular weight is 318 g/mol. The van der Waals surface area contributed by atoms with Crippen molar-refractivity contribution in [2.75, 3.05) is 0 Å². The van der Waals surface area contributed by atoms with Crippen molar-refractivity contribution in [1.82, 2.24) is 10.6 Å². The molecular formula is C18H26N2O3. The van der Waals surface area contributed by atoms with Gasteiger partial charge in [-0.05, 0) is 32.3 Å². The summed E-state index contributed by atoms with van der Waals surface area (Å²) in [6.07, 6.45) is -0.614. The minimum Gasteiger partial charge on any atom is -0.444 e. The molecule has 126 valence electrons. The van der Waals surface area contributed by atoms with Crippen LogP contribution in [0.5, 0.6) is 0 Å². The third kappa shape index (κ3) is 6.55. The number of nitrogens with one attached hydrogen (secondary N) is 2. The first-order valence-electron chi connectivity index (χ1n) is 7.65. The number of carbonyl (C=O) groups is 2. The number of hydrogen-bond donors (Lipinski definition) is 2. The van der Waals surface area contributed by atoms with Gasteiger partial charge in [-0.3, -0.25) is 4.79 Å². The first-order valence-corrected chi connectivity index (χ1v) is 7.65. The summed E-state index contributed by atoms with van der Waals surface area (Å²) in [6, 6.07) is 8.63. The molecule has 5 nitrogen and oxygen atoms in total. The third-order valence-electron chi connectivity index (χ3n) is 3.02.